The van der Waals surface area contributed by atoms with Crippen molar-refractivity contribution in [3.8, 4) is 9.88 Å². The lowest BCUT2D eigenvalue weighted by Crippen LogP contribution is -2.51. The fourth-order valence-corrected chi connectivity index (χ4v) is 5.36. The molecule has 2 amide bonds. The molecule has 0 spiro atoms. The molecule has 0 N–H and O–H groups in total. The Morgan fingerprint density at radius 2 is 1.73 bits per heavy atom. The number of thiophene rings is 1. The maximum atomic E-state index is 12.7. The SMILES string of the molecule is CCc1ccc(C(=O)N2CCN(C(=O)Cc3csc(-c4ccc(Cl)s4)n3)CC2)cc1. The number of piperazine rings is 1. The topological polar surface area (TPSA) is 53.5 Å². The van der Waals surface area contributed by atoms with Crippen molar-refractivity contribution in [1.29, 1.82) is 0 Å². The summed E-state index contributed by atoms with van der Waals surface area (Å²) in [4.78, 5) is 34.7. The van der Waals surface area contributed by atoms with Crippen LogP contribution in [0.15, 0.2) is 41.8 Å². The van der Waals surface area contributed by atoms with Gasteiger partial charge in [-0.1, -0.05) is 30.7 Å². The zero-order chi connectivity index (χ0) is 21.1. The molecule has 1 aliphatic heterocycles. The van der Waals surface area contributed by atoms with Crippen LogP contribution in [0.3, 0.4) is 0 Å². The van der Waals surface area contributed by atoms with Gasteiger partial charge in [0.15, 0.2) is 0 Å². The zero-order valence-electron chi connectivity index (χ0n) is 16.6. The summed E-state index contributed by atoms with van der Waals surface area (Å²) in [6.07, 6.45) is 1.23. The summed E-state index contributed by atoms with van der Waals surface area (Å²) in [5.74, 6) is 0.0824. The summed E-state index contributed by atoms with van der Waals surface area (Å²) in [5.41, 5.74) is 2.70. The molecule has 3 aromatic rings. The molecule has 1 fully saturated rings. The van der Waals surface area contributed by atoms with Gasteiger partial charge in [-0.2, -0.15) is 0 Å². The van der Waals surface area contributed by atoms with Crippen molar-refractivity contribution in [3.05, 3.63) is 62.9 Å². The van der Waals surface area contributed by atoms with Crippen LogP contribution in [-0.2, 0) is 17.6 Å². The highest BCUT2D eigenvalue weighted by Crippen LogP contribution is 2.33. The third-order valence-electron chi connectivity index (χ3n) is 5.20. The summed E-state index contributed by atoms with van der Waals surface area (Å²) in [5, 5.41) is 2.82. The van der Waals surface area contributed by atoms with Gasteiger partial charge in [0.2, 0.25) is 5.91 Å². The molecule has 1 aromatic carbocycles. The largest absolute Gasteiger partial charge is 0.339 e. The number of benzene rings is 1. The van der Waals surface area contributed by atoms with E-state index in [1.54, 1.807) is 0 Å². The normalized spacial score (nSPS) is 14.2. The van der Waals surface area contributed by atoms with Gasteiger partial charge >= 0.3 is 0 Å². The van der Waals surface area contributed by atoms with Crippen LogP contribution in [0.1, 0.15) is 28.5 Å². The van der Waals surface area contributed by atoms with E-state index in [4.69, 9.17) is 11.6 Å². The molecule has 3 heterocycles. The number of aryl methyl sites for hydroxylation is 1. The van der Waals surface area contributed by atoms with E-state index in [2.05, 4.69) is 11.9 Å². The Morgan fingerprint density at radius 1 is 1.03 bits per heavy atom. The van der Waals surface area contributed by atoms with Crippen molar-refractivity contribution in [2.24, 2.45) is 0 Å². The van der Waals surface area contributed by atoms with Crippen LogP contribution >= 0.6 is 34.3 Å². The number of amides is 2. The molecule has 0 aliphatic carbocycles. The van der Waals surface area contributed by atoms with E-state index >= 15 is 0 Å². The smallest absolute Gasteiger partial charge is 0.253 e. The van der Waals surface area contributed by atoms with Gasteiger partial charge in [0, 0.05) is 37.1 Å². The van der Waals surface area contributed by atoms with Gasteiger partial charge in [0.05, 0.1) is 21.3 Å². The molecule has 0 unspecified atom stereocenters. The summed E-state index contributed by atoms with van der Waals surface area (Å²) >= 11 is 9.01. The lowest BCUT2D eigenvalue weighted by atomic mass is 10.1. The zero-order valence-corrected chi connectivity index (χ0v) is 19.0. The molecule has 8 heteroatoms. The molecule has 156 valence electrons. The molecular weight excluding hydrogens is 438 g/mol. The number of aromatic nitrogens is 1. The van der Waals surface area contributed by atoms with E-state index in [0.717, 1.165) is 26.3 Å². The van der Waals surface area contributed by atoms with E-state index in [0.29, 0.717) is 31.7 Å². The first kappa shape index (κ1) is 21.0. The number of hydrogen-bond donors (Lipinski definition) is 0. The molecule has 0 saturated carbocycles. The summed E-state index contributed by atoms with van der Waals surface area (Å²) < 4.78 is 0.728. The third kappa shape index (κ3) is 4.74. The van der Waals surface area contributed by atoms with Gasteiger partial charge in [-0.25, -0.2) is 4.98 Å². The fourth-order valence-electron chi connectivity index (χ4n) is 3.42. The minimum atomic E-state index is 0.0310. The summed E-state index contributed by atoms with van der Waals surface area (Å²) in [6.45, 7) is 4.30. The minimum Gasteiger partial charge on any atom is -0.339 e. The third-order valence-corrected chi connectivity index (χ3v) is 7.49. The van der Waals surface area contributed by atoms with E-state index in [9.17, 15) is 9.59 Å². The first-order valence-electron chi connectivity index (χ1n) is 9.89. The van der Waals surface area contributed by atoms with Gasteiger partial charge in [-0.3, -0.25) is 9.59 Å². The second kappa shape index (κ2) is 9.29. The number of thiazole rings is 1. The number of hydrogen-bond acceptors (Lipinski definition) is 5. The molecule has 30 heavy (non-hydrogen) atoms. The Hall–Kier alpha value is -2.22. The van der Waals surface area contributed by atoms with E-state index in [-0.39, 0.29) is 18.2 Å². The Kier molecular flexibility index (Phi) is 6.51. The predicted molar refractivity (Wildman–Crippen MR) is 122 cm³/mol. The van der Waals surface area contributed by atoms with E-state index in [1.165, 1.54) is 28.2 Å². The fraction of sp³-hybridized carbons (Fsp3) is 0.318. The number of rotatable bonds is 5. The molecule has 1 aliphatic rings. The first-order valence-corrected chi connectivity index (χ1v) is 12.0. The van der Waals surface area contributed by atoms with Crippen LogP contribution in [0.25, 0.3) is 9.88 Å². The van der Waals surface area contributed by atoms with Crippen molar-refractivity contribution in [1.82, 2.24) is 14.8 Å². The van der Waals surface area contributed by atoms with Crippen molar-refractivity contribution in [3.63, 3.8) is 0 Å². The molecule has 2 aromatic heterocycles. The highest BCUT2D eigenvalue weighted by atomic mass is 35.5. The number of carbonyl (C=O) groups is 2. The monoisotopic (exact) mass is 459 g/mol. The second-order valence-electron chi connectivity index (χ2n) is 7.15. The van der Waals surface area contributed by atoms with Crippen LogP contribution in [0.5, 0.6) is 0 Å². The van der Waals surface area contributed by atoms with Gasteiger partial charge in [-0.05, 0) is 36.2 Å². The van der Waals surface area contributed by atoms with Gasteiger partial charge in [-0.15, -0.1) is 22.7 Å². The van der Waals surface area contributed by atoms with Crippen LogP contribution in [-0.4, -0.2) is 52.8 Å². The van der Waals surface area contributed by atoms with Crippen LogP contribution in [0.4, 0.5) is 0 Å². The number of halogens is 1. The Bertz CT molecular complexity index is 1040. The lowest BCUT2D eigenvalue weighted by molar-refractivity contribution is -0.132. The molecule has 1 saturated heterocycles. The Labute approximate surface area is 188 Å². The summed E-state index contributed by atoms with van der Waals surface area (Å²) in [7, 11) is 0. The van der Waals surface area contributed by atoms with Crippen LogP contribution < -0.4 is 0 Å². The first-order chi connectivity index (χ1) is 14.5. The molecular formula is C22H22ClN3O2S2. The van der Waals surface area contributed by atoms with Crippen LogP contribution in [0.2, 0.25) is 4.34 Å². The van der Waals surface area contributed by atoms with Gasteiger partial charge < -0.3 is 9.80 Å². The van der Waals surface area contributed by atoms with E-state index in [1.807, 2.05) is 51.6 Å². The van der Waals surface area contributed by atoms with Crippen molar-refractivity contribution >= 4 is 46.1 Å². The Morgan fingerprint density at radius 3 is 2.37 bits per heavy atom. The second-order valence-corrected chi connectivity index (χ2v) is 9.72. The average molecular weight is 460 g/mol. The van der Waals surface area contributed by atoms with Crippen LogP contribution in [0, 0.1) is 0 Å². The lowest BCUT2D eigenvalue weighted by Gasteiger charge is -2.34. The maximum Gasteiger partial charge on any atom is 0.253 e. The van der Waals surface area contributed by atoms with E-state index < -0.39 is 0 Å². The average Bonchev–Trinajstić information content (AvgIpc) is 3.42. The highest BCUT2D eigenvalue weighted by molar-refractivity contribution is 7.23. The van der Waals surface area contributed by atoms with Gasteiger partial charge in [0.25, 0.3) is 5.91 Å². The molecule has 0 bridgehead atoms. The quantitative estimate of drug-likeness (QED) is 0.559. The summed E-state index contributed by atoms with van der Waals surface area (Å²) in [6, 6.07) is 11.6. The van der Waals surface area contributed by atoms with Crippen molar-refractivity contribution < 1.29 is 9.59 Å². The molecule has 0 atom stereocenters. The molecule has 0 radical (unpaired) electrons. The highest BCUT2D eigenvalue weighted by Gasteiger charge is 2.25. The van der Waals surface area contributed by atoms with Gasteiger partial charge in [0.1, 0.15) is 5.01 Å². The number of carbonyl (C=O) groups excluding carboxylic acids is 2. The predicted octanol–water partition coefficient (Wildman–Crippen LogP) is 4.61. The molecule has 5 nitrogen and oxygen atoms in total. The maximum absolute atomic E-state index is 12.7. The standard InChI is InChI=1S/C22H22ClN3O2S2/c1-2-15-3-5-16(6-4-15)22(28)26-11-9-25(10-12-26)20(27)13-17-14-29-21(24-17)18-7-8-19(23)30-18/h3-8,14H,2,9-13H2,1H3. The Balaban J connectivity index is 1.31. The van der Waals surface area contributed by atoms with Crippen molar-refractivity contribution in [2.45, 2.75) is 19.8 Å². The number of nitrogens with zero attached hydrogens (tertiary/aromatic N) is 3. The van der Waals surface area contributed by atoms with Crippen molar-refractivity contribution in [2.75, 3.05) is 26.2 Å². The molecule has 4 rings (SSSR count). The minimum absolute atomic E-state index is 0.0310.